The lowest BCUT2D eigenvalue weighted by Gasteiger charge is -2.15. The maximum atomic E-state index is 10.8. The second-order valence-electron chi connectivity index (χ2n) is 3.64. The number of nitrogens with zero attached hydrogens (tertiary/aromatic N) is 1. The molecule has 0 radical (unpaired) electrons. The summed E-state index contributed by atoms with van der Waals surface area (Å²) in [5.74, 6) is 0.290. The van der Waals surface area contributed by atoms with Crippen LogP contribution in [0.4, 0.5) is 0 Å². The third kappa shape index (κ3) is 9.95. The average molecular weight is 222 g/mol. The molecule has 0 unspecified atom stereocenters. The van der Waals surface area contributed by atoms with E-state index in [1.54, 1.807) is 0 Å². The second-order valence-corrected chi connectivity index (χ2v) is 5.90. The van der Waals surface area contributed by atoms with E-state index in [0.29, 0.717) is 5.75 Å². The molecule has 0 atom stereocenters. The Kier molecular flexibility index (Phi) is 7.13. The lowest BCUT2D eigenvalue weighted by Crippen LogP contribution is -2.30. The zero-order valence-electron chi connectivity index (χ0n) is 9.41. The highest BCUT2D eigenvalue weighted by Crippen LogP contribution is 1.91. The van der Waals surface area contributed by atoms with Crippen molar-refractivity contribution in [2.24, 2.45) is 0 Å². The van der Waals surface area contributed by atoms with Gasteiger partial charge in [-0.3, -0.25) is 0 Å². The van der Waals surface area contributed by atoms with E-state index in [4.69, 9.17) is 0 Å². The molecule has 0 heterocycles. The molecule has 0 aromatic heterocycles. The van der Waals surface area contributed by atoms with Gasteiger partial charge in [0.2, 0.25) is 0 Å². The van der Waals surface area contributed by atoms with E-state index in [9.17, 15) is 8.42 Å². The van der Waals surface area contributed by atoms with E-state index >= 15 is 0 Å². The molecule has 0 aliphatic heterocycles. The minimum atomic E-state index is -2.79. The Morgan fingerprint density at radius 2 is 1.93 bits per heavy atom. The Bertz CT molecular complexity index is 227. The van der Waals surface area contributed by atoms with E-state index in [0.717, 1.165) is 32.6 Å². The lowest BCUT2D eigenvalue weighted by atomic mass is 10.4. The summed E-state index contributed by atoms with van der Waals surface area (Å²) in [6.07, 6.45) is 2.01. The van der Waals surface area contributed by atoms with Gasteiger partial charge in [0.05, 0.1) is 5.75 Å². The van der Waals surface area contributed by atoms with Crippen molar-refractivity contribution in [3.63, 3.8) is 0 Å². The van der Waals surface area contributed by atoms with Crippen molar-refractivity contribution in [1.29, 1.82) is 0 Å². The maximum Gasteiger partial charge on any atom is 0.147 e. The van der Waals surface area contributed by atoms with Crippen molar-refractivity contribution in [2.75, 3.05) is 45.2 Å². The molecule has 0 spiro atoms. The fraction of sp³-hybridized carbons (Fsp3) is 1.00. The van der Waals surface area contributed by atoms with Crippen LogP contribution in [-0.4, -0.2) is 58.6 Å². The van der Waals surface area contributed by atoms with Crippen LogP contribution in [0.15, 0.2) is 0 Å². The van der Waals surface area contributed by atoms with Gasteiger partial charge in [0.25, 0.3) is 0 Å². The summed E-state index contributed by atoms with van der Waals surface area (Å²) in [6.45, 7) is 5.84. The van der Waals surface area contributed by atoms with Gasteiger partial charge in [0, 0.05) is 19.3 Å². The highest BCUT2D eigenvalue weighted by molar-refractivity contribution is 7.90. The molecule has 0 saturated heterocycles. The minimum Gasteiger partial charge on any atom is -0.316 e. The molecular formula is C9H22N2O2S. The van der Waals surface area contributed by atoms with Gasteiger partial charge in [-0.05, 0) is 26.6 Å². The van der Waals surface area contributed by atoms with Crippen molar-refractivity contribution >= 4 is 9.84 Å². The van der Waals surface area contributed by atoms with Gasteiger partial charge in [-0.15, -0.1) is 0 Å². The van der Waals surface area contributed by atoms with Crippen molar-refractivity contribution in [2.45, 2.75) is 13.3 Å². The molecule has 14 heavy (non-hydrogen) atoms. The summed E-state index contributed by atoms with van der Waals surface area (Å²) in [6, 6.07) is 0. The number of nitrogens with one attached hydrogen (secondary N) is 1. The van der Waals surface area contributed by atoms with Crippen LogP contribution in [-0.2, 0) is 9.84 Å². The standard InChI is InChI=1S/C9H22N2O2S/c1-4-10-6-8-11(2)7-5-9-14(3,12)13/h10H,4-9H2,1-3H3. The SMILES string of the molecule is CCNCCN(C)CCCS(C)(=O)=O. The van der Waals surface area contributed by atoms with Crippen LogP contribution in [0.3, 0.4) is 0 Å². The zero-order chi connectivity index (χ0) is 11.0. The van der Waals surface area contributed by atoms with Gasteiger partial charge < -0.3 is 10.2 Å². The van der Waals surface area contributed by atoms with Crippen LogP contribution < -0.4 is 5.32 Å². The van der Waals surface area contributed by atoms with E-state index in [1.807, 2.05) is 7.05 Å². The smallest absolute Gasteiger partial charge is 0.147 e. The minimum absolute atomic E-state index is 0.290. The Hall–Kier alpha value is -0.130. The summed E-state index contributed by atoms with van der Waals surface area (Å²) in [4.78, 5) is 2.15. The van der Waals surface area contributed by atoms with Crippen LogP contribution in [0, 0.1) is 0 Å². The normalized spacial score (nSPS) is 12.3. The molecule has 0 saturated carbocycles. The fourth-order valence-corrected chi connectivity index (χ4v) is 1.81. The van der Waals surface area contributed by atoms with Gasteiger partial charge in [0.1, 0.15) is 9.84 Å². The Morgan fingerprint density at radius 3 is 2.43 bits per heavy atom. The third-order valence-electron chi connectivity index (χ3n) is 1.98. The monoisotopic (exact) mass is 222 g/mol. The fourth-order valence-electron chi connectivity index (χ4n) is 1.16. The molecule has 0 rings (SSSR count). The van der Waals surface area contributed by atoms with Crippen LogP contribution in [0.1, 0.15) is 13.3 Å². The molecule has 0 aromatic carbocycles. The highest BCUT2D eigenvalue weighted by atomic mass is 32.2. The molecule has 4 nitrogen and oxygen atoms in total. The summed E-state index contributed by atoms with van der Waals surface area (Å²) < 4.78 is 21.7. The topological polar surface area (TPSA) is 49.4 Å². The predicted molar refractivity (Wildman–Crippen MR) is 60.4 cm³/mol. The van der Waals surface area contributed by atoms with E-state index in [2.05, 4.69) is 17.1 Å². The van der Waals surface area contributed by atoms with Crippen LogP contribution in [0.2, 0.25) is 0 Å². The zero-order valence-corrected chi connectivity index (χ0v) is 10.2. The Balaban J connectivity index is 3.40. The van der Waals surface area contributed by atoms with Crippen LogP contribution >= 0.6 is 0 Å². The van der Waals surface area contributed by atoms with Gasteiger partial charge in [-0.1, -0.05) is 6.92 Å². The molecule has 0 fully saturated rings. The molecule has 0 aromatic rings. The molecule has 1 N–H and O–H groups in total. The first-order chi connectivity index (χ1) is 6.45. The second kappa shape index (κ2) is 7.20. The van der Waals surface area contributed by atoms with Crippen molar-refractivity contribution in [3.05, 3.63) is 0 Å². The highest BCUT2D eigenvalue weighted by Gasteiger charge is 2.03. The largest absolute Gasteiger partial charge is 0.316 e. The number of likely N-dealkylation sites (N-methyl/N-ethyl adjacent to an activating group) is 2. The Labute approximate surface area is 87.6 Å². The van der Waals surface area contributed by atoms with E-state index < -0.39 is 9.84 Å². The number of hydrogen-bond donors (Lipinski definition) is 1. The van der Waals surface area contributed by atoms with Gasteiger partial charge in [-0.25, -0.2) is 8.42 Å². The molecule has 0 aliphatic rings. The summed E-state index contributed by atoms with van der Waals surface area (Å²) in [7, 11) is -0.774. The molecule has 0 amide bonds. The average Bonchev–Trinajstić information content (AvgIpc) is 2.02. The first kappa shape index (κ1) is 13.9. The van der Waals surface area contributed by atoms with Crippen molar-refractivity contribution in [1.82, 2.24) is 10.2 Å². The number of sulfone groups is 1. The molecule has 0 bridgehead atoms. The van der Waals surface area contributed by atoms with Crippen molar-refractivity contribution in [3.8, 4) is 0 Å². The van der Waals surface area contributed by atoms with Crippen LogP contribution in [0.25, 0.3) is 0 Å². The van der Waals surface area contributed by atoms with Gasteiger partial charge in [-0.2, -0.15) is 0 Å². The van der Waals surface area contributed by atoms with E-state index in [1.165, 1.54) is 6.26 Å². The first-order valence-corrected chi connectivity index (χ1v) is 7.08. The van der Waals surface area contributed by atoms with Gasteiger partial charge >= 0.3 is 0 Å². The van der Waals surface area contributed by atoms with E-state index in [-0.39, 0.29) is 0 Å². The summed E-state index contributed by atoms with van der Waals surface area (Å²) >= 11 is 0. The predicted octanol–water partition coefficient (Wildman–Crippen LogP) is -0.0376. The maximum absolute atomic E-state index is 10.8. The summed E-state index contributed by atoms with van der Waals surface area (Å²) in [5, 5.41) is 3.23. The third-order valence-corrected chi connectivity index (χ3v) is 3.01. The molecule has 0 aliphatic carbocycles. The van der Waals surface area contributed by atoms with Gasteiger partial charge in [0.15, 0.2) is 0 Å². The van der Waals surface area contributed by atoms with Crippen LogP contribution in [0.5, 0.6) is 0 Å². The van der Waals surface area contributed by atoms with Crippen molar-refractivity contribution < 1.29 is 8.42 Å². The quantitative estimate of drug-likeness (QED) is 0.586. The molecule has 86 valence electrons. The summed E-state index contributed by atoms with van der Waals surface area (Å²) in [5.41, 5.74) is 0. The Morgan fingerprint density at radius 1 is 1.29 bits per heavy atom. The number of hydrogen-bond acceptors (Lipinski definition) is 4. The molecule has 5 heteroatoms. The molecular weight excluding hydrogens is 200 g/mol. The number of rotatable bonds is 8. The lowest BCUT2D eigenvalue weighted by molar-refractivity contribution is 0.333. The first-order valence-electron chi connectivity index (χ1n) is 5.02.